The number of benzene rings is 2. The molecule has 2 aromatic carbocycles. The SMILES string of the molecule is CCN(C(=O)OC(C)OC(C)=O)[C@H]1C=C(S(=O)(=O)N[Si](c2ccccc2)(c2ccccc2)C(C)(C)C)SC2=C1C[C@H](C)S2(=O)=O. The van der Waals surface area contributed by atoms with Crippen molar-refractivity contribution in [2.75, 3.05) is 6.54 Å². The van der Waals surface area contributed by atoms with E-state index >= 15 is 0 Å². The topological polar surface area (TPSA) is 136 Å². The molecule has 0 radical (unpaired) electrons. The number of nitrogens with one attached hydrogen (secondary N) is 1. The first-order valence-electron chi connectivity index (χ1n) is 14.6. The lowest BCUT2D eigenvalue weighted by Gasteiger charge is -2.44. The second-order valence-electron chi connectivity index (χ2n) is 12.1. The maximum absolute atomic E-state index is 14.6. The zero-order chi connectivity index (χ0) is 33.4. The Morgan fingerprint density at radius 3 is 2.04 bits per heavy atom. The van der Waals surface area contributed by atoms with E-state index in [0.717, 1.165) is 10.4 Å². The van der Waals surface area contributed by atoms with Crippen molar-refractivity contribution < 1.29 is 35.9 Å². The summed E-state index contributed by atoms with van der Waals surface area (Å²) < 4.78 is 69.4. The molecule has 4 rings (SSSR count). The molecule has 0 fully saturated rings. The molecule has 1 amide bonds. The second-order valence-corrected chi connectivity index (χ2v) is 22.4. The van der Waals surface area contributed by atoms with Gasteiger partial charge >= 0.3 is 12.1 Å². The van der Waals surface area contributed by atoms with Crippen molar-refractivity contribution >= 4 is 62.3 Å². The third-order valence-electron chi connectivity index (χ3n) is 8.00. The standard InChI is InChI=1S/C31H40N2O8S3Si/c1-8-33(30(35)41-23(4)40-22(3)34)27-20-28(42-29-26(27)19-21(2)43(29,36)37)44(38,39)32-45(31(5,6)7,24-15-11-9-12-16-24)25-17-13-10-14-18-25/h9-18,20-21,23,27,32H,8,19H2,1-7H3/t21-,23?,27-/m0/s1. The van der Waals surface area contributed by atoms with Gasteiger partial charge in [-0.2, -0.15) is 0 Å². The number of ether oxygens (including phenoxy) is 2. The van der Waals surface area contributed by atoms with Crippen molar-refractivity contribution in [1.29, 1.82) is 0 Å². The summed E-state index contributed by atoms with van der Waals surface area (Å²) in [6, 6.07) is 17.9. The molecule has 10 nitrogen and oxygen atoms in total. The van der Waals surface area contributed by atoms with Crippen molar-refractivity contribution in [3.05, 3.63) is 80.8 Å². The quantitative estimate of drug-likeness (QED) is 0.233. The van der Waals surface area contributed by atoms with E-state index in [1.54, 1.807) is 13.8 Å². The zero-order valence-corrected chi connectivity index (χ0v) is 29.9. The number of esters is 1. The van der Waals surface area contributed by atoms with Crippen LogP contribution < -0.4 is 14.8 Å². The summed E-state index contributed by atoms with van der Waals surface area (Å²) in [5, 5.41) is 0.301. The van der Waals surface area contributed by atoms with Gasteiger partial charge in [-0.05, 0) is 47.3 Å². The Morgan fingerprint density at radius 2 is 1.58 bits per heavy atom. The van der Waals surface area contributed by atoms with Gasteiger partial charge in [-0.1, -0.05) is 93.2 Å². The van der Waals surface area contributed by atoms with E-state index < -0.39 is 62.8 Å². The third kappa shape index (κ3) is 6.80. The fourth-order valence-corrected chi connectivity index (χ4v) is 18.3. The van der Waals surface area contributed by atoms with Crippen LogP contribution in [0.25, 0.3) is 0 Å². The smallest absolute Gasteiger partial charge is 0.413 e. The van der Waals surface area contributed by atoms with Gasteiger partial charge in [0.1, 0.15) is 8.47 Å². The van der Waals surface area contributed by atoms with Gasteiger partial charge in [0.2, 0.25) is 24.5 Å². The first kappa shape index (κ1) is 35.0. The Balaban J connectivity index is 1.86. The van der Waals surface area contributed by atoms with Crippen LogP contribution in [-0.2, 0) is 34.1 Å². The molecule has 0 aromatic heterocycles. The van der Waals surface area contributed by atoms with Crippen molar-refractivity contribution in [1.82, 2.24) is 9.29 Å². The van der Waals surface area contributed by atoms with E-state index in [4.69, 9.17) is 9.47 Å². The van der Waals surface area contributed by atoms with Crippen LogP contribution in [0, 0.1) is 0 Å². The number of amides is 1. The van der Waals surface area contributed by atoms with Crippen LogP contribution in [0.4, 0.5) is 4.79 Å². The molecule has 0 saturated heterocycles. The molecule has 0 saturated carbocycles. The van der Waals surface area contributed by atoms with Crippen LogP contribution in [0.1, 0.15) is 54.9 Å². The molecule has 244 valence electrons. The summed E-state index contributed by atoms with van der Waals surface area (Å²) in [7, 11) is -11.6. The summed E-state index contributed by atoms with van der Waals surface area (Å²) in [6.45, 7) is 11.9. The van der Waals surface area contributed by atoms with Crippen molar-refractivity contribution in [3.8, 4) is 0 Å². The number of carbonyl (C=O) groups is 2. The molecular weight excluding hydrogens is 653 g/mol. The minimum Gasteiger partial charge on any atom is -0.426 e. The van der Waals surface area contributed by atoms with Gasteiger partial charge < -0.3 is 9.47 Å². The molecular formula is C31H40N2O8S3Si. The Bertz CT molecular complexity index is 1680. The van der Waals surface area contributed by atoms with Gasteiger partial charge in [0.25, 0.3) is 0 Å². The highest BCUT2D eigenvalue weighted by Gasteiger charge is 2.53. The number of likely N-dealkylation sites (N-methyl/N-ethyl adjacent to an activating group) is 1. The maximum Gasteiger partial charge on any atom is 0.413 e. The van der Waals surface area contributed by atoms with Gasteiger partial charge in [0, 0.05) is 20.4 Å². The summed E-state index contributed by atoms with van der Waals surface area (Å²) in [6.07, 6.45) is -0.520. The van der Waals surface area contributed by atoms with E-state index in [1.807, 2.05) is 81.4 Å². The highest BCUT2D eigenvalue weighted by Crippen LogP contribution is 2.49. The molecule has 1 unspecified atom stereocenters. The van der Waals surface area contributed by atoms with E-state index in [9.17, 15) is 26.4 Å². The van der Waals surface area contributed by atoms with Crippen LogP contribution in [0.15, 0.2) is 80.8 Å². The van der Waals surface area contributed by atoms with Crippen molar-refractivity contribution in [3.63, 3.8) is 0 Å². The number of hydrogen-bond acceptors (Lipinski definition) is 9. The summed E-state index contributed by atoms with van der Waals surface area (Å²) in [5.41, 5.74) is 0.427. The Hall–Kier alpha value is -2.91. The normalized spacial score (nSPS) is 20.6. The number of rotatable bonds is 9. The largest absolute Gasteiger partial charge is 0.426 e. The highest BCUT2D eigenvalue weighted by molar-refractivity contribution is 8.28. The van der Waals surface area contributed by atoms with Gasteiger partial charge in [-0.3, -0.25) is 9.69 Å². The summed E-state index contributed by atoms with van der Waals surface area (Å²) in [5.74, 6) is -0.643. The van der Waals surface area contributed by atoms with Crippen LogP contribution in [-0.4, -0.2) is 66.2 Å². The number of carbonyl (C=O) groups excluding carboxylic acids is 2. The van der Waals surface area contributed by atoms with E-state index in [2.05, 4.69) is 4.39 Å². The predicted molar refractivity (Wildman–Crippen MR) is 179 cm³/mol. The summed E-state index contributed by atoms with van der Waals surface area (Å²) >= 11 is 0.704. The molecule has 0 spiro atoms. The average molecular weight is 693 g/mol. The summed E-state index contributed by atoms with van der Waals surface area (Å²) in [4.78, 5) is 26.0. The number of sulfonamides is 1. The van der Waals surface area contributed by atoms with E-state index in [1.165, 1.54) is 24.8 Å². The molecule has 0 bridgehead atoms. The Kier molecular flexibility index (Phi) is 10.1. The van der Waals surface area contributed by atoms with E-state index in [0.29, 0.717) is 17.3 Å². The number of thioether (sulfide) groups is 1. The Labute approximate surface area is 271 Å². The van der Waals surface area contributed by atoms with Crippen LogP contribution in [0.3, 0.4) is 0 Å². The molecule has 2 aliphatic heterocycles. The first-order valence-corrected chi connectivity index (χ1v) is 20.5. The highest BCUT2D eigenvalue weighted by atomic mass is 32.3. The van der Waals surface area contributed by atoms with Gasteiger partial charge in [-0.15, -0.1) is 0 Å². The lowest BCUT2D eigenvalue weighted by Crippen LogP contribution is -2.74. The molecule has 3 atom stereocenters. The minimum absolute atomic E-state index is 0.0652. The average Bonchev–Trinajstić information content (AvgIpc) is 3.19. The van der Waals surface area contributed by atoms with Crippen molar-refractivity contribution in [2.45, 2.75) is 77.5 Å². The number of sulfone groups is 1. The number of hydrogen-bond donors (Lipinski definition) is 1. The molecule has 1 N–H and O–H groups in total. The number of nitrogens with zero attached hydrogens (tertiary/aromatic N) is 1. The van der Waals surface area contributed by atoms with Crippen LogP contribution in [0.2, 0.25) is 5.04 Å². The minimum atomic E-state index is -4.38. The van der Waals surface area contributed by atoms with E-state index in [-0.39, 0.29) is 21.4 Å². The first-order chi connectivity index (χ1) is 21.0. The van der Waals surface area contributed by atoms with Crippen LogP contribution in [0.5, 0.6) is 0 Å². The fourth-order valence-electron chi connectivity index (χ4n) is 5.85. The molecule has 0 aliphatic carbocycles. The van der Waals surface area contributed by atoms with Gasteiger partial charge in [0.15, 0.2) is 9.84 Å². The monoisotopic (exact) mass is 692 g/mol. The molecule has 45 heavy (non-hydrogen) atoms. The second kappa shape index (κ2) is 13.1. The maximum atomic E-state index is 14.6. The predicted octanol–water partition coefficient (Wildman–Crippen LogP) is 4.21. The van der Waals surface area contributed by atoms with Crippen LogP contribution >= 0.6 is 11.8 Å². The lowest BCUT2D eigenvalue weighted by atomic mass is 10.0. The lowest BCUT2D eigenvalue weighted by molar-refractivity contribution is -0.163. The molecule has 2 aliphatic rings. The van der Waals surface area contributed by atoms with Crippen molar-refractivity contribution in [2.24, 2.45) is 0 Å². The molecule has 2 aromatic rings. The molecule has 14 heteroatoms. The Morgan fingerprint density at radius 1 is 1.04 bits per heavy atom. The third-order valence-corrected chi connectivity index (χ3v) is 20.3. The van der Waals surface area contributed by atoms with Gasteiger partial charge in [-0.25, -0.2) is 26.0 Å². The molecule has 2 heterocycles. The fraction of sp³-hybridized carbons (Fsp3) is 0.419. The van der Waals surface area contributed by atoms with Gasteiger partial charge in [0.05, 0.1) is 11.3 Å². The zero-order valence-electron chi connectivity index (χ0n) is 26.4.